The molecule has 31 heavy (non-hydrogen) atoms. The number of imidazole rings is 1. The minimum Gasteiger partial charge on any atom is -0.351 e. The van der Waals surface area contributed by atoms with Gasteiger partial charge in [0.2, 0.25) is 11.6 Å². The number of rotatable bonds is 5. The van der Waals surface area contributed by atoms with Crippen molar-refractivity contribution in [1.82, 2.24) is 19.5 Å². The first-order valence-corrected chi connectivity index (χ1v) is 10.4. The zero-order valence-electron chi connectivity index (χ0n) is 17.0. The molecular formula is C23H22N6O2. The van der Waals surface area contributed by atoms with Gasteiger partial charge in [0.25, 0.3) is 0 Å². The Morgan fingerprint density at radius 1 is 0.935 bits per heavy atom. The smallest absolute Gasteiger partial charge is 0.351 e. The highest BCUT2D eigenvalue weighted by atomic mass is 16.6. The summed E-state index contributed by atoms with van der Waals surface area (Å²) in [4.78, 5) is 26.7. The molecule has 0 unspecified atom stereocenters. The Balaban J connectivity index is 1.43. The van der Waals surface area contributed by atoms with Crippen molar-refractivity contribution in [2.24, 2.45) is 5.92 Å². The van der Waals surface area contributed by atoms with Crippen molar-refractivity contribution in [3.63, 3.8) is 0 Å². The zero-order valence-corrected chi connectivity index (χ0v) is 17.0. The highest BCUT2D eigenvalue weighted by Gasteiger charge is 2.31. The van der Waals surface area contributed by atoms with Crippen molar-refractivity contribution in [2.45, 2.75) is 19.3 Å². The molecular weight excluding hydrogens is 392 g/mol. The van der Waals surface area contributed by atoms with E-state index >= 15 is 0 Å². The highest BCUT2D eigenvalue weighted by Crippen LogP contribution is 2.34. The highest BCUT2D eigenvalue weighted by molar-refractivity contribution is 5.79. The molecule has 1 aliphatic heterocycles. The largest absolute Gasteiger partial charge is 0.354 e. The Kier molecular flexibility index (Phi) is 5.03. The van der Waals surface area contributed by atoms with Crippen LogP contribution in [0.5, 0.6) is 0 Å². The number of benzene rings is 2. The van der Waals surface area contributed by atoms with E-state index in [2.05, 4.69) is 39.2 Å². The van der Waals surface area contributed by atoms with E-state index in [0.717, 1.165) is 43.4 Å². The molecule has 1 fully saturated rings. The number of piperidine rings is 1. The lowest BCUT2D eigenvalue weighted by Gasteiger charge is -2.32. The van der Waals surface area contributed by atoms with Crippen molar-refractivity contribution < 1.29 is 4.92 Å². The first-order valence-electron chi connectivity index (χ1n) is 10.4. The summed E-state index contributed by atoms with van der Waals surface area (Å²) in [6.07, 6.45) is 5.96. The van der Waals surface area contributed by atoms with Gasteiger partial charge in [-0.25, -0.2) is 15.0 Å². The predicted octanol–water partition coefficient (Wildman–Crippen LogP) is 4.18. The van der Waals surface area contributed by atoms with E-state index < -0.39 is 0 Å². The van der Waals surface area contributed by atoms with Gasteiger partial charge in [0.1, 0.15) is 12.7 Å². The standard InChI is InChI=1S/C23H22N6O2/c30-29(31)21-22(27-12-10-18(11-13-27)14-17-6-2-1-3-7-17)24-15-25-23(21)28-16-26-19-8-4-5-9-20(19)28/h1-9,15-16,18H,10-14H2. The maximum atomic E-state index is 12.1. The Morgan fingerprint density at radius 2 is 1.65 bits per heavy atom. The third kappa shape index (κ3) is 3.72. The topological polar surface area (TPSA) is 90.0 Å². The van der Waals surface area contributed by atoms with Gasteiger partial charge in [-0.2, -0.15) is 0 Å². The lowest BCUT2D eigenvalue weighted by molar-refractivity contribution is -0.384. The first-order chi connectivity index (χ1) is 15.2. The fraction of sp³-hybridized carbons (Fsp3) is 0.261. The summed E-state index contributed by atoms with van der Waals surface area (Å²) >= 11 is 0. The monoisotopic (exact) mass is 414 g/mol. The number of anilines is 1. The fourth-order valence-electron chi connectivity index (χ4n) is 4.36. The van der Waals surface area contributed by atoms with Gasteiger partial charge in [-0.1, -0.05) is 42.5 Å². The molecule has 0 amide bonds. The van der Waals surface area contributed by atoms with Crippen molar-refractivity contribution >= 4 is 22.5 Å². The molecule has 156 valence electrons. The summed E-state index contributed by atoms with van der Waals surface area (Å²) in [5.74, 6) is 1.19. The number of nitro groups is 1. The summed E-state index contributed by atoms with van der Waals surface area (Å²) in [7, 11) is 0. The number of para-hydroxylation sites is 2. The zero-order chi connectivity index (χ0) is 21.2. The SMILES string of the molecule is O=[N+]([O-])c1c(N2CCC(Cc3ccccc3)CC2)ncnc1-n1cnc2ccccc21. The van der Waals surface area contributed by atoms with Gasteiger partial charge >= 0.3 is 5.69 Å². The molecule has 0 saturated carbocycles. The number of fused-ring (bicyclic) bond motifs is 1. The molecule has 0 bridgehead atoms. The molecule has 3 heterocycles. The summed E-state index contributed by atoms with van der Waals surface area (Å²) in [6.45, 7) is 1.47. The van der Waals surface area contributed by atoms with Crippen LogP contribution in [0.4, 0.5) is 11.5 Å². The molecule has 2 aromatic heterocycles. The van der Waals surface area contributed by atoms with Crippen molar-refractivity contribution in [2.75, 3.05) is 18.0 Å². The third-order valence-corrected chi connectivity index (χ3v) is 5.93. The second kappa shape index (κ2) is 8.14. The van der Waals surface area contributed by atoms with Crippen molar-refractivity contribution in [3.8, 4) is 5.82 Å². The molecule has 0 spiro atoms. The van der Waals surface area contributed by atoms with Gasteiger partial charge in [0.15, 0.2) is 0 Å². The van der Waals surface area contributed by atoms with E-state index in [1.54, 1.807) is 10.9 Å². The summed E-state index contributed by atoms with van der Waals surface area (Å²) in [5.41, 5.74) is 2.80. The average molecular weight is 414 g/mol. The molecule has 1 saturated heterocycles. The van der Waals surface area contributed by atoms with Crippen LogP contribution >= 0.6 is 0 Å². The molecule has 5 rings (SSSR count). The molecule has 0 aliphatic carbocycles. The fourth-order valence-corrected chi connectivity index (χ4v) is 4.36. The van der Waals surface area contributed by atoms with Crippen LogP contribution in [0.2, 0.25) is 0 Å². The Labute approximate surface area is 179 Å². The van der Waals surface area contributed by atoms with Crippen molar-refractivity contribution in [1.29, 1.82) is 0 Å². The molecule has 0 N–H and O–H groups in total. The van der Waals surface area contributed by atoms with Gasteiger partial charge < -0.3 is 4.90 Å². The van der Waals surface area contributed by atoms with Gasteiger partial charge in [-0.05, 0) is 42.9 Å². The van der Waals surface area contributed by atoms with Gasteiger partial charge in [-0.3, -0.25) is 14.7 Å². The van der Waals surface area contributed by atoms with E-state index in [4.69, 9.17) is 0 Å². The van der Waals surface area contributed by atoms with Crippen LogP contribution in [-0.4, -0.2) is 37.5 Å². The Bertz CT molecular complexity index is 1220. The average Bonchev–Trinajstić information content (AvgIpc) is 3.24. The second-order valence-corrected chi connectivity index (χ2v) is 7.85. The van der Waals surface area contributed by atoms with Crippen molar-refractivity contribution in [3.05, 3.63) is 82.9 Å². The maximum Gasteiger partial charge on any atom is 0.354 e. The molecule has 8 heteroatoms. The molecule has 0 atom stereocenters. The lowest BCUT2D eigenvalue weighted by atomic mass is 9.90. The van der Waals surface area contributed by atoms with E-state index in [-0.39, 0.29) is 16.4 Å². The number of aromatic nitrogens is 4. The Morgan fingerprint density at radius 3 is 2.42 bits per heavy atom. The summed E-state index contributed by atoms with van der Waals surface area (Å²) in [6, 6.07) is 18.0. The third-order valence-electron chi connectivity index (χ3n) is 5.93. The molecule has 0 radical (unpaired) electrons. The van der Waals surface area contributed by atoms with Crippen LogP contribution in [0.15, 0.2) is 67.3 Å². The van der Waals surface area contributed by atoms with Crippen LogP contribution < -0.4 is 4.90 Å². The Hall–Kier alpha value is -3.81. The van der Waals surface area contributed by atoms with Gasteiger partial charge in [0.05, 0.1) is 16.0 Å². The quantitative estimate of drug-likeness (QED) is 0.359. The van der Waals surface area contributed by atoms with E-state index in [1.165, 1.54) is 11.9 Å². The molecule has 4 aromatic rings. The molecule has 1 aliphatic rings. The normalized spacial score (nSPS) is 14.8. The van der Waals surface area contributed by atoms with Crippen LogP contribution in [0, 0.1) is 16.0 Å². The number of hydrogen-bond donors (Lipinski definition) is 0. The predicted molar refractivity (Wildman–Crippen MR) is 118 cm³/mol. The van der Waals surface area contributed by atoms with Crippen LogP contribution in [0.1, 0.15) is 18.4 Å². The molecule has 2 aromatic carbocycles. The van der Waals surface area contributed by atoms with Gasteiger partial charge in [0, 0.05) is 13.1 Å². The number of hydrogen-bond acceptors (Lipinski definition) is 6. The second-order valence-electron chi connectivity index (χ2n) is 7.85. The number of nitrogens with zero attached hydrogens (tertiary/aromatic N) is 6. The van der Waals surface area contributed by atoms with E-state index in [0.29, 0.717) is 11.7 Å². The van der Waals surface area contributed by atoms with Gasteiger partial charge in [-0.15, -0.1) is 0 Å². The van der Waals surface area contributed by atoms with Crippen LogP contribution in [-0.2, 0) is 6.42 Å². The first kappa shape index (κ1) is 19.2. The maximum absolute atomic E-state index is 12.1. The summed E-state index contributed by atoms with van der Waals surface area (Å²) in [5, 5.41) is 12.1. The van der Waals surface area contributed by atoms with E-state index in [1.807, 2.05) is 35.2 Å². The minimum absolute atomic E-state index is 0.0767. The summed E-state index contributed by atoms with van der Waals surface area (Å²) < 4.78 is 1.67. The lowest BCUT2D eigenvalue weighted by Crippen LogP contribution is -2.35. The van der Waals surface area contributed by atoms with E-state index in [9.17, 15) is 10.1 Å². The minimum atomic E-state index is -0.379. The van der Waals surface area contributed by atoms with Crippen LogP contribution in [0.3, 0.4) is 0 Å². The van der Waals surface area contributed by atoms with Crippen LogP contribution in [0.25, 0.3) is 16.9 Å². The molecule has 8 nitrogen and oxygen atoms in total.